The summed E-state index contributed by atoms with van der Waals surface area (Å²) in [7, 11) is 0. The molecule has 3 heteroatoms. The summed E-state index contributed by atoms with van der Waals surface area (Å²) in [5, 5.41) is 10.1. The highest BCUT2D eigenvalue weighted by atomic mass is 35.5. The lowest BCUT2D eigenvalue weighted by Crippen LogP contribution is -2.24. The monoisotopic (exact) mass is 268 g/mol. The molecule has 0 amide bonds. The van der Waals surface area contributed by atoms with Crippen molar-refractivity contribution in [3.63, 3.8) is 0 Å². The molecule has 18 heavy (non-hydrogen) atoms. The molecule has 1 aliphatic rings. The van der Waals surface area contributed by atoms with Gasteiger partial charge in [0.2, 0.25) is 0 Å². The highest BCUT2D eigenvalue weighted by Gasteiger charge is 2.21. The van der Waals surface area contributed by atoms with Gasteiger partial charge in [-0.1, -0.05) is 31.0 Å². The summed E-state index contributed by atoms with van der Waals surface area (Å²) in [6.45, 7) is 4.00. The van der Waals surface area contributed by atoms with Crippen LogP contribution in [0.2, 0.25) is 5.02 Å². The number of aliphatic hydroxyl groups excluding tert-OH is 1. The first-order valence-electron chi connectivity index (χ1n) is 6.70. The number of rotatable bonds is 3. The molecule has 1 N–H and O–H groups in total. The molecule has 2 nitrogen and oxygen atoms in total. The summed E-state index contributed by atoms with van der Waals surface area (Å²) in [5.74, 6) is 1.47. The molecule has 0 aliphatic heterocycles. The van der Waals surface area contributed by atoms with Crippen LogP contribution in [0, 0.1) is 5.92 Å². The molecule has 0 spiro atoms. The Kier molecular flexibility index (Phi) is 4.52. The fourth-order valence-electron chi connectivity index (χ4n) is 2.54. The van der Waals surface area contributed by atoms with E-state index < -0.39 is 6.10 Å². The molecule has 0 aromatic heterocycles. The Balaban J connectivity index is 2.05. The van der Waals surface area contributed by atoms with E-state index in [4.69, 9.17) is 16.3 Å². The van der Waals surface area contributed by atoms with Crippen LogP contribution < -0.4 is 4.74 Å². The van der Waals surface area contributed by atoms with Gasteiger partial charge < -0.3 is 9.84 Å². The maximum Gasteiger partial charge on any atom is 0.138 e. The van der Waals surface area contributed by atoms with E-state index in [1.807, 2.05) is 12.1 Å². The minimum absolute atomic E-state index is 0.281. The van der Waals surface area contributed by atoms with Gasteiger partial charge in [-0.15, -0.1) is 0 Å². The summed E-state index contributed by atoms with van der Waals surface area (Å²) in [5.41, 5.74) is 0.823. The highest BCUT2D eigenvalue weighted by molar-refractivity contribution is 6.32. The van der Waals surface area contributed by atoms with Gasteiger partial charge in [-0.05, 0) is 49.8 Å². The van der Waals surface area contributed by atoms with Crippen LogP contribution in [-0.4, -0.2) is 11.2 Å². The lowest BCUT2D eigenvalue weighted by molar-refractivity contribution is 0.129. The Hall–Kier alpha value is -0.730. The van der Waals surface area contributed by atoms with Gasteiger partial charge in [0.25, 0.3) is 0 Å². The van der Waals surface area contributed by atoms with E-state index in [-0.39, 0.29) is 6.10 Å². The van der Waals surface area contributed by atoms with Crippen LogP contribution in [0.1, 0.15) is 51.2 Å². The molecule has 1 aromatic rings. The first-order valence-corrected chi connectivity index (χ1v) is 7.08. The molecule has 1 aliphatic carbocycles. The smallest absolute Gasteiger partial charge is 0.138 e. The third kappa shape index (κ3) is 3.39. The van der Waals surface area contributed by atoms with Gasteiger partial charge in [0.15, 0.2) is 0 Å². The molecule has 1 fully saturated rings. The average molecular weight is 269 g/mol. The van der Waals surface area contributed by atoms with Crippen LogP contribution in [0.25, 0.3) is 0 Å². The van der Waals surface area contributed by atoms with Gasteiger partial charge in [-0.3, -0.25) is 0 Å². The van der Waals surface area contributed by atoms with Crippen LogP contribution in [0.5, 0.6) is 5.75 Å². The lowest BCUT2D eigenvalue weighted by Gasteiger charge is -2.27. The molecule has 0 radical (unpaired) electrons. The second kappa shape index (κ2) is 5.94. The van der Waals surface area contributed by atoms with E-state index in [1.165, 1.54) is 12.8 Å². The first kappa shape index (κ1) is 13.7. The van der Waals surface area contributed by atoms with Crippen molar-refractivity contribution in [2.75, 3.05) is 0 Å². The molecule has 100 valence electrons. The number of hydrogen-bond donors (Lipinski definition) is 1. The molecule has 1 saturated carbocycles. The molecule has 2 rings (SSSR count). The Morgan fingerprint density at radius 2 is 2.17 bits per heavy atom. The molecule has 0 bridgehead atoms. The van der Waals surface area contributed by atoms with Crippen LogP contribution in [0.15, 0.2) is 18.2 Å². The third-order valence-electron chi connectivity index (χ3n) is 3.62. The molecular weight excluding hydrogens is 248 g/mol. The van der Waals surface area contributed by atoms with Crippen molar-refractivity contribution in [3.8, 4) is 5.75 Å². The van der Waals surface area contributed by atoms with Crippen molar-refractivity contribution >= 4 is 11.6 Å². The predicted octanol–water partition coefficient (Wildman–Crippen LogP) is 4.35. The molecule has 0 heterocycles. The summed E-state index contributed by atoms with van der Waals surface area (Å²) in [6, 6.07) is 5.52. The quantitative estimate of drug-likeness (QED) is 0.883. The topological polar surface area (TPSA) is 29.5 Å². The zero-order chi connectivity index (χ0) is 13.1. The van der Waals surface area contributed by atoms with E-state index in [2.05, 4.69) is 6.92 Å². The van der Waals surface area contributed by atoms with Gasteiger partial charge in [-0.2, -0.15) is 0 Å². The number of benzene rings is 1. The van der Waals surface area contributed by atoms with E-state index in [0.29, 0.717) is 5.02 Å². The number of ether oxygens (including phenoxy) is 1. The van der Waals surface area contributed by atoms with Crippen molar-refractivity contribution in [2.45, 2.75) is 51.7 Å². The molecular formula is C15H21ClO2. The number of halogens is 1. The average Bonchev–Trinajstić information content (AvgIpc) is 2.31. The fourth-order valence-corrected chi connectivity index (χ4v) is 2.77. The van der Waals surface area contributed by atoms with E-state index in [0.717, 1.165) is 30.1 Å². The summed E-state index contributed by atoms with van der Waals surface area (Å²) >= 11 is 6.19. The van der Waals surface area contributed by atoms with Crippen molar-refractivity contribution in [1.82, 2.24) is 0 Å². The van der Waals surface area contributed by atoms with E-state index >= 15 is 0 Å². The summed E-state index contributed by atoms with van der Waals surface area (Å²) in [6.07, 6.45) is 4.53. The predicted molar refractivity (Wildman–Crippen MR) is 74.1 cm³/mol. The van der Waals surface area contributed by atoms with Crippen LogP contribution >= 0.6 is 11.6 Å². The minimum atomic E-state index is -0.494. The van der Waals surface area contributed by atoms with Crippen LogP contribution in [-0.2, 0) is 0 Å². The minimum Gasteiger partial charge on any atom is -0.489 e. The Labute approximate surface area is 114 Å². The Bertz CT molecular complexity index is 403. The van der Waals surface area contributed by atoms with E-state index in [9.17, 15) is 5.11 Å². The largest absolute Gasteiger partial charge is 0.489 e. The number of aliphatic hydroxyl groups is 1. The van der Waals surface area contributed by atoms with Crippen molar-refractivity contribution in [2.24, 2.45) is 5.92 Å². The van der Waals surface area contributed by atoms with Crippen LogP contribution in [0.4, 0.5) is 0 Å². The van der Waals surface area contributed by atoms with Crippen molar-refractivity contribution < 1.29 is 9.84 Å². The maximum absolute atomic E-state index is 9.50. The standard InChI is InChI=1S/C15H21ClO2/c1-10-4-3-5-13(8-10)18-15-7-6-12(11(2)17)9-14(15)16/h6-7,9-11,13,17H,3-5,8H2,1-2H3/t10?,11-,13?/m1/s1. The van der Waals surface area contributed by atoms with Gasteiger partial charge in [0.05, 0.1) is 17.2 Å². The first-order chi connectivity index (χ1) is 8.56. The van der Waals surface area contributed by atoms with Gasteiger partial charge in [0.1, 0.15) is 5.75 Å². The Morgan fingerprint density at radius 1 is 1.39 bits per heavy atom. The van der Waals surface area contributed by atoms with E-state index in [1.54, 1.807) is 13.0 Å². The van der Waals surface area contributed by atoms with Gasteiger partial charge in [-0.25, -0.2) is 0 Å². The SMILES string of the molecule is CC1CCCC(Oc2ccc([C@@H](C)O)cc2Cl)C1. The normalized spacial score (nSPS) is 25.8. The van der Waals surface area contributed by atoms with Gasteiger partial charge >= 0.3 is 0 Å². The molecule has 3 atom stereocenters. The second-order valence-corrected chi connectivity index (χ2v) is 5.78. The lowest BCUT2D eigenvalue weighted by atomic mass is 9.89. The third-order valence-corrected chi connectivity index (χ3v) is 3.92. The Morgan fingerprint density at radius 3 is 2.78 bits per heavy atom. The fraction of sp³-hybridized carbons (Fsp3) is 0.600. The van der Waals surface area contributed by atoms with Crippen LogP contribution in [0.3, 0.4) is 0 Å². The highest BCUT2D eigenvalue weighted by Crippen LogP contribution is 2.32. The second-order valence-electron chi connectivity index (χ2n) is 5.38. The van der Waals surface area contributed by atoms with Crippen molar-refractivity contribution in [1.29, 1.82) is 0 Å². The molecule has 2 unspecified atom stereocenters. The maximum atomic E-state index is 9.50. The van der Waals surface area contributed by atoms with Crippen molar-refractivity contribution in [3.05, 3.63) is 28.8 Å². The summed E-state index contributed by atoms with van der Waals surface area (Å²) < 4.78 is 5.98. The summed E-state index contributed by atoms with van der Waals surface area (Å²) in [4.78, 5) is 0. The van der Waals surface area contributed by atoms with Gasteiger partial charge in [0, 0.05) is 0 Å². The molecule has 0 saturated heterocycles. The zero-order valence-corrected chi connectivity index (χ0v) is 11.8. The molecule has 1 aromatic carbocycles. The number of hydrogen-bond acceptors (Lipinski definition) is 2. The zero-order valence-electron chi connectivity index (χ0n) is 11.0.